The highest BCUT2D eigenvalue weighted by Gasteiger charge is 2.22. The first-order valence-electron chi connectivity index (χ1n) is 5.79. The van der Waals surface area contributed by atoms with Gasteiger partial charge in [-0.15, -0.1) is 0 Å². The number of fused-ring (bicyclic) bond motifs is 1. The van der Waals surface area contributed by atoms with E-state index in [1.54, 1.807) is 6.33 Å². The van der Waals surface area contributed by atoms with Crippen LogP contribution in [0.25, 0.3) is 0 Å². The Hall–Kier alpha value is -1.70. The fourth-order valence-electron chi connectivity index (χ4n) is 2.52. The number of nitrogens with zero attached hydrogens (tertiary/aromatic N) is 2. The molecule has 80 valence electrons. The zero-order valence-electron chi connectivity index (χ0n) is 9.13. The van der Waals surface area contributed by atoms with E-state index in [-0.39, 0.29) is 0 Å². The molecule has 1 aromatic carbocycles. The molecule has 1 aliphatic carbocycles. The minimum Gasteiger partial charge on any atom is -0.245 e. The maximum absolute atomic E-state index is 4.47. The predicted octanol–water partition coefficient (Wildman–Crippen LogP) is 2.94. The SMILES string of the molecule is c1ccc(C2CCCc3cncnc32)cc1. The second-order valence-corrected chi connectivity index (χ2v) is 4.29. The van der Waals surface area contributed by atoms with E-state index in [9.17, 15) is 0 Å². The van der Waals surface area contributed by atoms with Crippen LogP contribution >= 0.6 is 0 Å². The summed E-state index contributed by atoms with van der Waals surface area (Å²) in [5, 5.41) is 0. The van der Waals surface area contributed by atoms with Gasteiger partial charge < -0.3 is 0 Å². The lowest BCUT2D eigenvalue weighted by Crippen LogP contribution is -2.13. The van der Waals surface area contributed by atoms with Crippen LogP contribution in [0.5, 0.6) is 0 Å². The normalized spacial score (nSPS) is 19.1. The van der Waals surface area contributed by atoms with Crippen molar-refractivity contribution >= 4 is 0 Å². The average Bonchev–Trinajstić information content (AvgIpc) is 2.39. The molecular weight excluding hydrogens is 196 g/mol. The van der Waals surface area contributed by atoms with Crippen LogP contribution in [0.15, 0.2) is 42.9 Å². The summed E-state index contributed by atoms with van der Waals surface area (Å²) in [6.45, 7) is 0. The summed E-state index contributed by atoms with van der Waals surface area (Å²) in [4.78, 5) is 8.58. The lowest BCUT2D eigenvalue weighted by atomic mass is 9.83. The third-order valence-corrected chi connectivity index (χ3v) is 3.29. The van der Waals surface area contributed by atoms with E-state index in [4.69, 9.17) is 0 Å². The van der Waals surface area contributed by atoms with Gasteiger partial charge in [0.1, 0.15) is 6.33 Å². The Morgan fingerprint density at radius 2 is 2.00 bits per heavy atom. The zero-order chi connectivity index (χ0) is 10.8. The highest BCUT2D eigenvalue weighted by Crippen LogP contribution is 2.34. The van der Waals surface area contributed by atoms with Crippen LogP contribution in [-0.4, -0.2) is 9.97 Å². The Morgan fingerprint density at radius 3 is 2.88 bits per heavy atom. The molecule has 0 bridgehead atoms. The van der Waals surface area contributed by atoms with E-state index >= 15 is 0 Å². The van der Waals surface area contributed by atoms with Gasteiger partial charge in [-0.1, -0.05) is 30.3 Å². The summed E-state index contributed by atoms with van der Waals surface area (Å²) in [6, 6.07) is 10.7. The summed E-state index contributed by atoms with van der Waals surface area (Å²) in [5.41, 5.74) is 3.93. The molecule has 1 aromatic heterocycles. The highest BCUT2D eigenvalue weighted by atomic mass is 14.8. The molecule has 16 heavy (non-hydrogen) atoms. The van der Waals surface area contributed by atoms with Gasteiger partial charge in [0.15, 0.2) is 0 Å². The summed E-state index contributed by atoms with van der Waals surface area (Å²) in [5.74, 6) is 0.466. The van der Waals surface area contributed by atoms with E-state index in [1.807, 2.05) is 6.20 Å². The lowest BCUT2D eigenvalue weighted by Gasteiger charge is -2.24. The third kappa shape index (κ3) is 1.60. The van der Waals surface area contributed by atoms with Gasteiger partial charge in [-0.2, -0.15) is 0 Å². The molecule has 0 radical (unpaired) electrons. The standard InChI is InChI=1S/C14H14N2/c1-2-5-11(6-3-1)13-8-4-7-12-9-15-10-16-14(12)13/h1-3,5-6,9-10,13H,4,7-8H2. The summed E-state index contributed by atoms with van der Waals surface area (Å²) in [7, 11) is 0. The molecule has 0 fully saturated rings. The van der Waals surface area contributed by atoms with Gasteiger partial charge in [-0.05, 0) is 30.4 Å². The largest absolute Gasteiger partial charge is 0.245 e. The minimum atomic E-state index is 0.466. The molecule has 1 atom stereocenters. The summed E-state index contributed by atoms with van der Waals surface area (Å²) in [6.07, 6.45) is 7.20. The fraction of sp³-hybridized carbons (Fsp3) is 0.286. The van der Waals surface area contributed by atoms with Gasteiger partial charge >= 0.3 is 0 Å². The Balaban J connectivity index is 2.05. The monoisotopic (exact) mass is 210 g/mol. The van der Waals surface area contributed by atoms with Crippen molar-refractivity contribution in [1.82, 2.24) is 9.97 Å². The number of aromatic nitrogens is 2. The maximum Gasteiger partial charge on any atom is 0.115 e. The lowest BCUT2D eigenvalue weighted by molar-refractivity contribution is 0.594. The maximum atomic E-state index is 4.47. The molecule has 1 aliphatic rings. The van der Waals surface area contributed by atoms with Crippen LogP contribution in [-0.2, 0) is 6.42 Å². The summed E-state index contributed by atoms with van der Waals surface area (Å²) >= 11 is 0. The number of aryl methyl sites for hydroxylation is 1. The molecule has 0 N–H and O–H groups in total. The molecule has 0 amide bonds. The van der Waals surface area contributed by atoms with Crippen LogP contribution < -0.4 is 0 Å². The first-order chi connectivity index (χ1) is 7.95. The van der Waals surface area contributed by atoms with Gasteiger partial charge in [-0.25, -0.2) is 9.97 Å². The molecule has 0 aliphatic heterocycles. The van der Waals surface area contributed by atoms with Crippen molar-refractivity contribution in [2.75, 3.05) is 0 Å². The quantitative estimate of drug-likeness (QED) is 0.723. The first kappa shape index (κ1) is 9.52. The van der Waals surface area contributed by atoms with Crippen LogP contribution in [0.2, 0.25) is 0 Å². The molecule has 1 heterocycles. The van der Waals surface area contributed by atoms with E-state index < -0.39 is 0 Å². The van der Waals surface area contributed by atoms with E-state index in [1.165, 1.54) is 29.7 Å². The van der Waals surface area contributed by atoms with Crippen molar-refractivity contribution < 1.29 is 0 Å². The van der Waals surface area contributed by atoms with Crippen LogP contribution in [0.3, 0.4) is 0 Å². The number of rotatable bonds is 1. The molecule has 0 saturated carbocycles. The Kier molecular flexibility index (Phi) is 2.41. The van der Waals surface area contributed by atoms with Crippen molar-refractivity contribution in [3.8, 4) is 0 Å². The van der Waals surface area contributed by atoms with Crippen molar-refractivity contribution in [3.63, 3.8) is 0 Å². The molecule has 1 unspecified atom stereocenters. The van der Waals surface area contributed by atoms with E-state index in [0.29, 0.717) is 5.92 Å². The average molecular weight is 210 g/mol. The second-order valence-electron chi connectivity index (χ2n) is 4.29. The second kappa shape index (κ2) is 4.05. The van der Waals surface area contributed by atoms with E-state index in [2.05, 4.69) is 40.3 Å². The van der Waals surface area contributed by atoms with Crippen LogP contribution in [0.4, 0.5) is 0 Å². The topological polar surface area (TPSA) is 25.8 Å². The van der Waals surface area contributed by atoms with Crippen molar-refractivity contribution in [1.29, 1.82) is 0 Å². The molecule has 0 saturated heterocycles. The Labute approximate surface area is 95.4 Å². The predicted molar refractivity (Wildman–Crippen MR) is 63.3 cm³/mol. The van der Waals surface area contributed by atoms with Gasteiger partial charge in [0.25, 0.3) is 0 Å². The number of benzene rings is 1. The van der Waals surface area contributed by atoms with Gasteiger partial charge in [0.05, 0.1) is 5.69 Å². The molecule has 0 spiro atoms. The smallest absolute Gasteiger partial charge is 0.115 e. The first-order valence-corrected chi connectivity index (χ1v) is 5.79. The number of hydrogen-bond acceptors (Lipinski definition) is 2. The Morgan fingerprint density at radius 1 is 1.12 bits per heavy atom. The Bertz CT molecular complexity index is 479. The van der Waals surface area contributed by atoms with Gasteiger partial charge in [0, 0.05) is 12.1 Å². The van der Waals surface area contributed by atoms with Gasteiger partial charge in [0.2, 0.25) is 0 Å². The van der Waals surface area contributed by atoms with Crippen LogP contribution in [0, 0.1) is 0 Å². The van der Waals surface area contributed by atoms with Crippen molar-refractivity contribution in [2.24, 2.45) is 0 Å². The molecular formula is C14H14N2. The van der Waals surface area contributed by atoms with Crippen molar-refractivity contribution in [3.05, 3.63) is 59.7 Å². The van der Waals surface area contributed by atoms with E-state index in [0.717, 1.165) is 6.42 Å². The molecule has 2 nitrogen and oxygen atoms in total. The van der Waals surface area contributed by atoms with Crippen LogP contribution in [0.1, 0.15) is 35.6 Å². The summed E-state index contributed by atoms with van der Waals surface area (Å²) < 4.78 is 0. The fourth-order valence-corrected chi connectivity index (χ4v) is 2.52. The molecule has 3 rings (SSSR count). The van der Waals surface area contributed by atoms with Crippen molar-refractivity contribution in [2.45, 2.75) is 25.2 Å². The highest BCUT2D eigenvalue weighted by molar-refractivity contribution is 5.33. The minimum absolute atomic E-state index is 0.466. The third-order valence-electron chi connectivity index (χ3n) is 3.29. The number of hydrogen-bond donors (Lipinski definition) is 0. The van der Waals surface area contributed by atoms with Gasteiger partial charge in [-0.3, -0.25) is 0 Å². The zero-order valence-corrected chi connectivity index (χ0v) is 9.13. The molecule has 2 aromatic rings. The molecule has 2 heteroatoms.